The van der Waals surface area contributed by atoms with Gasteiger partial charge in [-0.25, -0.2) is 19.0 Å². The van der Waals surface area contributed by atoms with Crippen LogP contribution in [-0.4, -0.2) is 56.7 Å². The summed E-state index contributed by atoms with van der Waals surface area (Å²) in [5.41, 5.74) is 4.61. The molecule has 7 nitrogen and oxygen atoms in total. The highest BCUT2D eigenvalue weighted by Gasteiger charge is 2.26. The Morgan fingerprint density at radius 2 is 1.65 bits per heavy atom. The van der Waals surface area contributed by atoms with Gasteiger partial charge in [0.25, 0.3) is 0 Å². The molecule has 37 heavy (non-hydrogen) atoms. The van der Waals surface area contributed by atoms with Crippen LogP contribution in [0.15, 0.2) is 48.5 Å². The first-order valence-corrected chi connectivity index (χ1v) is 13.0. The van der Waals surface area contributed by atoms with E-state index in [0.29, 0.717) is 50.5 Å². The number of carbonyl (C=O) groups excluding carboxylic acids is 1. The minimum Gasteiger partial charge on any atom is -0.352 e. The first-order chi connectivity index (χ1) is 17.9. The highest BCUT2D eigenvalue weighted by atomic mass is 19.1. The monoisotopic (exact) mass is 500 g/mol. The fourth-order valence-corrected chi connectivity index (χ4v) is 4.82. The van der Waals surface area contributed by atoms with Crippen molar-refractivity contribution in [3.63, 3.8) is 0 Å². The molecule has 192 valence electrons. The van der Waals surface area contributed by atoms with E-state index in [1.54, 1.807) is 16.8 Å². The van der Waals surface area contributed by atoms with Crippen LogP contribution in [0.3, 0.4) is 0 Å². The average molecular weight is 501 g/mol. The molecule has 2 aromatic carbocycles. The first kappa shape index (κ1) is 24.9. The van der Waals surface area contributed by atoms with Crippen LogP contribution < -0.4 is 4.90 Å². The molecule has 0 bridgehead atoms. The molecule has 0 spiro atoms. The first-order valence-electron chi connectivity index (χ1n) is 13.0. The summed E-state index contributed by atoms with van der Waals surface area (Å²) in [5, 5.41) is 5.67. The van der Waals surface area contributed by atoms with E-state index in [4.69, 9.17) is 15.1 Å². The minimum absolute atomic E-state index is 0.231. The van der Waals surface area contributed by atoms with Crippen molar-refractivity contribution in [1.29, 1.82) is 0 Å². The predicted molar refractivity (Wildman–Crippen MR) is 144 cm³/mol. The van der Waals surface area contributed by atoms with Crippen LogP contribution in [0, 0.1) is 19.7 Å². The molecule has 1 fully saturated rings. The number of rotatable bonds is 7. The van der Waals surface area contributed by atoms with Crippen molar-refractivity contribution in [2.45, 2.75) is 46.5 Å². The summed E-state index contributed by atoms with van der Waals surface area (Å²) in [6, 6.07) is 14.7. The number of nitrogens with zero attached hydrogens (tertiary/aromatic N) is 6. The molecular formula is C29H33FN6O. The number of hydrogen-bond acceptors (Lipinski definition) is 5. The van der Waals surface area contributed by atoms with E-state index >= 15 is 0 Å². The summed E-state index contributed by atoms with van der Waals surface area (Å²) >= 11 is 0. The van der Waals surface area contributed by atoms with E-state index < -0.39 is 0 Å². The second-order valence-corrected chi connectivity index (χ2v) is 9.77. The Morgan fingerprint density at radius 1 is 0.946 bits per heavy atom. The number of amides is 1. The zero-order valence-corrected chi connectivity index (χ0v) is 21.7. The van der Waals surface area contributed by atoms with Gasteiger partial charge in [-0.15, -0.1) is 0 Å². The third-order valence-corrected chi connectivity index (χ3v) is 6.96. The number of aromatic nitrogens is 4. The Bertz CT molecular complexity index is 1390. The summed E-state index contributed by atoms with van der Waals surface area (Å²) in [7, 11) is 0. The van der Waals surface area contributed by atoms with Crippen molar-refractivity contribution in [3.8, 4) is 5.69 Å². The van der Waals surface area contributed by atoms with Gasteiger partial charge in [0.2, 0.25) is 5.91 Å². The van der Waals surface area contributed by atoms with Crippen LogP contribution in [0.1, 0.15) is 48.8 Å². The topological polar surface area (TPSA) is 67.2 Å². The van der Waals surface area contributed by atoms with E-state index in [9.17, 15) is 9.18 Å². The Hall–Kier alpha value is -3.81. The Morgan fingerprint density at radius 3 is 2.32 bits per heavy atom. The molecule has 4 aromatic rings. The quantitative estimate of drug-likeness (QED) is 0.357. The lowest BCUT2D eigenvalue weighted by molar-refractivity contribution is -0.131. The molecule has 0 N–H and O–H groups in total. The fraction of sp³-hybridized carbons (Fsp3) is 0.379. The van der Waals surface area contributed by atoms with Gasteiger partial charge in [-0.3, -0.25) is 4.79 Å². The molecule has 1 saturated heterocycles. The lowest BCUT2D eigenvalue weighted by Gasteiger charge is -2.36. The van der Waals surface area contributed by atoms with Crippen molar-refractivity contribution >= 4 is 22.8 Å². The predicted octanol–water partition coefficient (Wildman–Crippen LogP) is 5.00. The molecule has 0 atom stereocenters. The molecule has 0 aliphatic carbocycles. The highest BCUT2D eigenvalue weighted by molar-refractivity contribution is 5.91. The van der Waals surface area contributed by atoms with Crippen molar-refractivity contribution < 1.29 is 9.18 Å². The summed E-state index contributed by atoms with van der Waals surface area (Å²) < 4.78 is 15.4. The standard InChI is InChI=1S/C29H33FN6O/c1-4-5-6-26(37)34-15-17-35(18-16-34)28-27-21(3)33-36(24-13-11-23(30)12-14-24)29(27)32-25(31-28)19-22-9-7-20(2)8-10-22/h7-14H,4-6,15-19H2,1-3H3. The van der Waals surface area contributed by atoms with Crippen molar-refractivity contribution in [3.05, 3.63) is 77.0 Å². The van der Waals surface area contributed by atoms with E-state index in [0.717, 1.165) is 41.0 Å². The number of piperazine rings is 1. The van der Waals surface area contributed by atoms with Crippen LogP contribution in [0.2, 0.25) is 0 Å². The molecule has 1 aliphatic heterocycles. The van der Waals surface area contributed by atoms with E-state index in [-0.39, 0.29) is 11.7 Å². The van der Waals surface area contributed by atoms with Gasteiger partial charge in [0.1, 0.15) is 17.5 Å². The fourth-order valence-electron chi connectivity index (χ4n) is 4.82. The van der Waals surface area contributed by atoms with Gasteiger partial charge in [-0.2, -0.15) is 5.10 Å². The van der Waals surface area contributed by atoms with E-state index in [1.807, 2.05) is 11.8 Å². The number of anilines is 1. The zero-order chi connectivity index (χ0) is 25.9. The lowest BCUT2D eigenvalue weighted by atomic mass is 10.1. The summed E-state index contributed by atoms with van der Waals surface area (Å²) in [5.74, 6) is 1.49. The van der Waals surface area contributed by atoms with Crippen molar-refractivity contribution in [2.24, 2.45) is 0 Å². The van der Waals surface area contributed by atoms with Gasteiger partial charge in [0.15, 0.2) is 5.65 Å². The Labute approximate surface area is 216 Å². The van der Waals surface area contributed by atoms with Crippen LogP contribution in [0.5, 0.6) is 0 Å². The molecule has 2 aromatic heterocycles. The number of halogens is 1. The van der Waals surface area contributed by atoms with Gasteiger partial charge < -0.3 is 9.80 Å². The molecule has 8 heteroatoms. The highest BCUT2D eigenvalue weighted by Crippen LogP contribution is 2.30. The van der Waals surface area contributed by atoms with Gasteiger partial charge in [0, 0.05) is 39.0 Å². The molecule has 0 unspecified atom stereocenters. The van der Waals surface area contributed by atoms with Gasteiger partial charge in [0.05, 0.1) is 16.8 Å². The van der Waals surface area contributed by atoms with Crippen LogP contribution in [0.4, 0.5) is 10.2 Å². The van der Waals surface area contributed by atoms with E-state index in [1.165, 1.54) is 17.7 Å². The maximum absolute atomic E-state index is 13.6. The minimum atomic E-state index is -0.293. The van der Waals surface area contributed by atoms with Gasteiger partial charge >= 0.3 is 0 Å². The summed E-state index contributed by atoms with van der Waals surface area (Å²) in [6.07, 6.45) is 3.15. The average Bonchev–Trinajstić information content (AvgIpc) is 3.25. The maximum atomic E-state index is 13.6. The zero-order valence-electron chi connectivity index (χ0n) is 21.7. The smallest absolute Gasteiger partial charge is 0.222 e. The molecule has 0 saturated carbocycles. The van der Waals surface area contributed by atoms with Crippen LogP contribution in [0.25, 0.3) is 16.7 Å². The number of aryl methyl sites for hydroxylation is 2. The summed E-state index contributed by atoms with van der Waals surface area (Å²) in [6.45, 7) is 8.89. The van der Waals surface area contributed by atoms with Crippen molar-refractivity contribution in [1.82, 2.24) is 24.6 Å². The summed E-state index contributed by atoms with van der Waals surface area (Å²) in [4.78, 5) is 26.8. The van der Waals surface area contributed by atoms with Crippen LogP contribution in [-0.2, 0) is 11.2 Å². The molecule has 3 heterocycles. The molecule has 5 rings (SSSR count). The third kappa shape index (κ3) is 5.33. The van der Waals surface area contributed by atoms with Crippen molar-refractivity contribution in [2.75, 3.05) is 31.1 Å². The van der Waals surface area contributed by atoms with E-state index in [2.05, 4.69) is 43.0 Å². The largest absolute Gasteiger partial charge is 0.352 e. The van der Waals surface area contributed by atoms with Gasteiger partial charge in [-0.1, -0.05) is 43.2 Å². The number of unbranched alkanes of at least 4 members (excludes halogenated alkanes) is 1. The lowest BCUT2D eigenvalue weighted by Crippen LogP contribution is -2.49. The SMILES string of the molecule is CCCCC(=O)N1CCN(c2nc(Cc3ccc(C)cc3)nc3c2c(C)nn3-c2ccc(F)cc2)CC1. The number of hydrogen-bond donors (Lipinski definition) is 0. The molecular weight excluding hydrogens is 467 g/mol. The number of carbonyl (C=O) groups is 1. The molecule has 0 radical (unpaired) electrons. The second-order valence-electron chi connectivity index (χ2n) is 9.77. The Kier molecular flexibility index (Phi) is 7.17. The number of benzene rings is 2. The molecule has 1 aliphatic rings. The number of fused-ring (bicyclic) bond motifs is 1. The second kappa shape index (κ2) is 10.7. The third-order valence-electron chi connectivity index (χ3n) is 6.96. The maximum Gasteiger partial charge on any atom is 0.222 e. The molecule has 1 amide bonds. The van der Waals surface area contributed by atoms with Crippen LogP contribution >= 0.6 is 0 Å². The normalized spacial score (nSPS) is 13.9. The van der Waals surface area contributed by atoms with Gasteiger partial charge in [-0.05, 0) is 50.1 Å². The Balaban J connectivity index is 1.53.